The molecule has 6 heteroatoms. The number of methoxy groups -OCH3 is 2. The summed E-state index contributed by atoms with van der Waals surface area (Å²) < 4.78 is 16.5. The third-order valence-corrected chi connectivity index (χ3v) is 5.37. The monoisotopic (exact) mass is 397 g/mol. The molecular formula is C23H27NO5. The number of aryl methyl sites for hydroxylation is 1. The van der Waals surface area contributed by atoms with Crippen molar-refractivity contribution in [1.29, 1.82) is 0 Å². The molecule has 3 aromatic rings. The van der Waals surface area contributed by atoms with Crippen molar-refractivity contribution in [1.82, 2.24) is 4.90 Å². The Morgan fingerprint density at radius 2 is 1.79 bits per heavy atom. The van der Waals surface area contributed by atoms with Crippen LogP contribution in [0.3, 0.4) is 0 Å². The highest BCUT2D eigenvalue weighted by atomic mass is 16.5. The van der Waals surface area contributed by atoms with E-state index >= 15 is 0 Å². The summed E-state index contributed by atoms with van der Waals surface area (Å²) in [6.07, 6.45) is 0. The highest BCUT2D eigenvalue weighted by Gasteiger charge is 2.21. The van der Waals surface area contributed by atoms with Gasteiger partial charge in [-0.25, -0.2) is 4.79 Å². The van der Waals surface area contributed by atoms with E-state index in [0.717, 1.165) is 24.0 Å². The molecule has 0 aliphatic rings. The highest BCUT2D eigenvalue weighted by Crippen LogP contribution is 2.37. The van der Waals surface area contributed by atoms with Crippen LogP contribution >= 0.6 is 0 Å². The quantitative estimate of drug-likeness (QED) is 0.598. The van der Waals surface area contributed by atoms with Crippen LogP contribution in [0.1, 0.15) is 25.0 Å². The van der Waals surface area contributed by atoms with E-state index in [0.29, 0.717) is 40.3 Å². The predicted molar refractivity (Wildman–Crippen MR) is 114 cm³/mol. The van der Waals surface area contributed by atoms with Crippen molar-refractivity contribution >= 4 is 11.0 Å². The first-order valence-corrected chi connectivity index (χ1v) is 9.68. The van der Waals surface area contributed by atoms with Gasteiger partial charge in [0.15, 0.2) is 0 Å². The van der Waals surface area contributed by atoms with E-state index in [9.17, 15) is 9.90 Å². The van der Waals surface area contributed by atoms with E-state index in [1.54, 1.807) is 44.6 Å². The normalized spacial score (nSPS) is 11.2. The fraction of sp³-hybridized carbons (Fsp3) is 0.348. The summed E-state index contributed by atoms with van der Waals surface area (Å²) in [7, 11) is 3.13. The predicted octanol–water partition coefficient (Wildman–Crippen LogP) is 4.33. The number of nitrogens with zero attached hydrogens (tertiary/aromatic N) is 1. The van der Waals surface area contributed by atoms with Crippen LogP contribution < -0.4 is 15.1 Å². The molecule has 0 aliphatic heterocycles. The molecule has 1 heterocycles. The smallest absolute Gasteiger partial charge is 0.344 e. The van der Waals surface area contributed by atoms with E-state index in [2.05, 4.69) is 18.7 Å². The number of hydrogen-bond acceptors (Lipinski definition) is 6. The molecule has 1 aromatic heterocycles. The lowest BCUT2D eigenvalue weighted by Crippen LogP contribution is -2.22. The molecule has 154 valence electrons. The molecule has 0 amide bonds. The maximum absolute atomic E-state index is 13.0. The Hall–Kier alpha value is -2.99. The molecule has 0 spiro atoms. The van der Waals surface area contributed by atoms with Gasteiger partial charge in [0.1, 0.15) is 22.8 Å². The molecule has 29 heavy (non-hydrogen) atoms. The zero-order chi connectivity index (χ0) is 21.1. The van der Waals surface area contributed by atoms with Crippen LogP contribution in [0.5, 0.6) is 17.2 Å². The van der Waals surface area contributed by atoms with Crippen molar-refractivity contribution in [3.63, 3.8) is 0 Å². The lowest BCUT2D eigenvalue weighted by atomic mass is 9.97. The summed E-state index contributed by atoms with van der Waals surface area (Å²) in [5, 5.41) is 11.2. The molecule has 6 nitrogen and oxygen atoms in total. The molecule has 0 saturated carbocycles. The lowest BCUT2D eigenvalue weighted by Gasteiger charge is -2.20. The molecule has 0 saturated heterocycles. The van der Waals surface area contributed by atoms with Gasteiger partial charge in [0.2, 0.25) is 0 Å². The second-order valence-electron chi connectivity index (χ2n) is 6.86. The molecule has 0 aliphatic carbocycles. The van der Waals surface area contributed by atoms with Crippen LogP contribution in [0.15, 0.2) is 39.5 Å². The zero-order valence-corrected chi connectivity index (χ0v) is 17.5. The first kappa shape index (κ1) is 20.7. The van der Waals surface area contributed by atoms with E-state index in [4.69, 9.17) is 13.9 Å². The lowest BCUT2D eigenvalue weighted by molar-refractivity contribution is 0.290. The Bertz CT molecular complexity index is 1080. The van der Waals surface area contributed by atoms with Gasteiger partial charge in [-0.3, -0.25) is 4.90 Å². The van der Waals surface area contributed by atoms with Gasteiger partial charge >= 0.3 is 5.63 Å². The fourth-order valence-corrected chi connectivity index (χ4v) is 3.60. The van der Waals surface area contributed by atoms with E-state index in [1.165, 1.54) is 0 Å². The maximum Gasteiger partial charge on any atom is 0.344 e. The largest absolute Gasteiger partial charge is 0.507 e. The zero-order valence-electron chi connectivity index (χ0n) is 17.5. The van der Waals surface area contributed by atoms with Crippen LogP contribution in [0.4, 0.5) is 0 Å². The van der Waals surface area contributed by atoms with Gasteiger partial charge in [-0.15, -0.1) is 0 Å². The second-order valence-corrected chi connectivity index (χ2v) is 6.86. The van der Waals surface area contributed by atoms with Crippen LogP contribution in [0, 0.1) is 6.92 Å². The Morgan fingerprint density at radius 3 is 2.41 bits per heavy atom. The number of hydrogen-bond donors (Lipinski definition) is 1. The summed E-state index contributed by atoms with van der Waals surface area (Å²) >= 11 is 0. The van der Waals surface area contributed by atoms with Crippen LogP contribution in [-0.4, -0.2) is 37.3 Å². The summed E-state index contributed by atoms with van der Waals surface area (Å²) in [5.74, 6) is 1.29. The van der Waals surface area contributed by atoms with Crippen LogP contribution in [0.25, 0.3) is 22.1 Å². The molecule has 0 unspecified atom stereocenters. The van der Waals surface area contributed by atoms with Crippen LogP contribution in [-0.2, 0) is 6.54 Å². The Kier molecular flexibility index (Phi) is 6.13. The van der Waals surface area contributed by atoms with Crippen molar-refractivity contribution in [2.24, 2.45) is 0 Å². The number of aromatic hydroxyl groups is 1. The van der Waals surface area contributed by atoms with Crippen LogP contribution in [0.2, 0.25) is 0 Å². The average Bonchev–Trinajstić information content (AvgIpc) is 2.73. The Balaban J connectivity index is 2.26. The molecule has 0 bridgehead atoms. The molecule has 0 atom stereocenters. The van der Waals surface area contributed by atoms with Gasteiger partial charge in [-0.2, -0.15) is 0 Å². The SMILES string of the molecule is CCN(CC)Cc1c(O)ccc2c(C)c(-c3ccc(OC)cc3OC)c(=O)oc12. The summed E-state index contributed by atoms with van der Waals surface area (Å²) in [6.45, 7) is 8.16. The van der Waals surface area contributed by atoms with Gasteiger partial charge in [0, 0.05) is 23.6 Å². The number of phenolic OH excluding ortho intramolecular Hbond substituents is 1. The number of phenols is 1. The topological polar surface area (TPSA) is 72.1 Å². The first-order valence-electron chi connectivity index (χ1n) is 9.68. The highest BCUT2D eigenvalue weighted by molar-refractivity contribution is 5.90. The van der Waals surface area contributed by atoms with Crippen molar-refractivity contribution in [3.8, 4) is 28.4 Å². The van der Waals surface area contributed by atoms with Gasteiger partial charge in [-0.1, -0.05) is 13.8 Å². The number of rotatable bonds is 7. The molecule has 0 fully saturated rings. The Morgan fingerprint density at radius 1 is 1.07 bits per heavy atom. The van der Waals surface area contributed by atoms with Gasteiger partial charge in [-0.05, 0) is 49.8 Å². The third kappa shape index (κ3) is 3.80. The Labute approximate surface area is 170 Å². The minimum Gasteiger partial charge on any atom is -0.507 e. The van der Waals surface area contributed by atoms with Gasteiger partial charge in [0.25, 0.3) is 0 Å². The first-order chi connectivity index (χ1) is 13.9. The number of benzene rings is 2. The minimum atomic E-state index is -0.468. The summed E-state index contributed by atoms with van der Waals surface area (Å²) in [5.41, 5.74) is 2.44. The molecular weight excluding hydrogens is 370 g/mol. The van der Waals surface area contributed by atoms with Crippen molar-refractivity contribution in [3.05, 3.63) is 51.9 Å². The molecule has 3 rings (SSSR count). The van der Waals surface area contributed by atoms with Crippen molar-refractivity contribution in [2.45, 2.75) is 27.3 Å². The molecule has 1 N–H and O–H groups in total. The van der Waals surface area contributed by atoms with E-state index < -0.39 is 5.63 Å². The van der Waals surface area contributed by atoms with Crippen molar-refractivity contribution in [2.75, 3.05) is 27.3 Å². The van der Waals surface area contributed by atoms with E-state index in [1.807, 2.05) is 6.92 Å². The summed E-state index contributed by atoms with van der Waals surface area (Å²) in [6, 6.07) is 8.75. The van der Waals surface area contributed by atoms with Crippen molar-refractivity contribution < 1.29 is 19.0 Å². The summed E-state index contributed by atoms with van der Waals surface area (Å²) in [4.78, 5) is 15.2. The average molecular weight is 397 g/mol. The second kappa shape index (κ2) is 8.57. The number of fused-ring (bicyclic) bond motifs is 1. The van der Waals surface area contributed by atoms with Gasteiger partial charge < -0.3 is 19.0 Å². The molecule has 2 aromatic carbocycles. The number of ether oxygens (including phenoxy) is 2. The maximum atomic E-state index is 13.0. The standard InChI is InChI=1S/C23H27NO5/c1-6-24(7-2)13-18-19(25)11-10-16-14(3)21(23(26)29-22(16)18)17-9-8-15(27-4)12-20(17)28-5/h8-12,25H,6-7,13H2,1-5H3. The fourth-order valence-electron chi connectivity index (χ4n) is 3.60. The van der Waals surface area contributed by atoms with Gasteiger partial charge in [0.05, 0.1) is 25.3 Å². The minimum absolute atomic E-state index is 0.127. The van der Waals surface area contributed by atoms with E-state index in [-0.39, 0.29) is 5.75 Å². The third-order valence-electron chi connectivity index (χ3n) is 5.37. The molecule has 0 radical (unpaired) electrons.